The highest BCUT2D eigenvalue weighted by Crippen LogP contribution is 2.21. The summed E-state index contributed by atoms with van der Waals surface area (Å²) in [6.07, 6.45) is 1.77. The van der Waals surface area contributed by atoms with Gasteiger partial charge in [0.05, 0.1) is 6.21 Å². The van der Waals surface area contributed by atoms with Crippen molar-refractivity contribution < 1.29 is 0 Å². The predicted molar refractivity (Wildman–Crippen MR) is 92.0 cm³/mol. The third-order valence-electron chi connectivity index (χ3n) is 3.23. The summed E-state index contributed by atoms with van der Waals surface area (Å²) in [6, 6.07) is 15.4. The Morgan fingerprint density at radius 3 is 2.82 bits per heavy atom. The molecule has 3 aromatic rings. The normalized spacial score (nSPS) is 11.2. The maximum absolute atomic E-state index is 6.04. The molecule has 6 heteroatoms. The summed E-state index contributed by atoms with van der Waals surface area (Å²) in [6.45, 7) is 2.04. The van der Waals surface area contributed by atoms with Crippen molar-refractivity contribution in [3.05, 3.63) is 69.5 Å². The molecule has 1 aromatic heterocycles. The number of aromatic amines is 1. The molecular formula is C16H13ClN4S. The Morgan fingerprint density at radius 2 is 2.05 bits per heavy atom. The lowest BCUT2D eigenvalue weighted by Gasteiger charge is -2.02. The van der Waals surface area contributed by atoms with Crippen LogP contribution in [0, 0.1) is 11.7 Å². The monoisotopic (exact) mass is 328 g/mol. The molecule has 0 atom stereocenters. The number of aromatic nitrogens is 3. The zero-order valence-electron chi connectivity index (χ0n) is 11.8. The predicted octanol–water partition coefficient (Wildman–Crippen LogP) is 4.45. The van der Waals surface area contributed by atoms with Gasteiger partial charge in [0.15, 0.2) is 5.82 Å². The first-order valence-corrected chi connectivity index (χ1v) is 7.47. The van der Waals surface area contributed by atoms with Gasteiger partial charge < -0.3 is 0 Å². The molecule has 0 saturated heterocycles. The van der Waals surface area contributed by atoms with Gasteiger partial charge in [-0.05, 0) is 42.4 Å². The number of nitrogens with zero attached hydrogens (tertiary/aromatic N) is 3. The number of hydrogen-bond donors (Lipinski definition) is 1. The number of aryl methyl sites for hydroxylation is 1. The van der Waals surface area contributed by atoms with Crippen molar-refractivity contribution in [2.75, 3.05) is 0 Å². The lowest BCUT2D eigenvalue weighted by Crippen LogP contribution is -1.96. The number of halogens is 1. The van der Waals surface area contributed by atoms with Gasteiger partial charge in [0.1, 0.15) is 0 Å². The topological polar surface area (TPSA) is 46.0 Å². The molecule has 1 N–H and O–H groups in total. The lowest BCUT2D eigenvalue weighted by molar-refractivity contribution is 0.871. The molecule has 2 aromatic carbocycles. The van der Waals surface area contributed by atoms with Crippen molar-refractivity contribution >= 4 is 30.0 Å². The fourth-order valence-corrected chi connectivity index (χ4v) is 2.43. The third-order valence-corrected chi connectivity index (χ3v) is 3.73. The largest absolute Gasteiger partial charge is 0.250 e. The number of H-pyrrole nitrogens is 1. The molecule has 0 aliphatic heterocycles. The van der Waals surface area contributed by atoms with E-state index >= 15 is 0 Å². The summed E-state index contributed by atoms with van der Waals surface area (Å²) in [5.41, 5.74) is 3.02. The van der Waals surface area contributed by atoms with Crippen LogP contribution in [0.15, 0.2) is 53.6 Å². The maximum atomic E-state index is 6.04. The smallest absolute Gasteiger partial charge is 0.216 e. The summed E-state index contributed by atoms with van der Waals surface area (Å²) >= 11 is 11.3. The van der Waals surface area contributed by atoms with Gasteiger partial charge in [-0.3, -0.25) is 0 Å². The Bertz CT molecular complexity index is 895. The fourth-order valence-electron chi connectivity index (χ4n) is 2.06. The van der Waals surface area contributed by atoms with Crippen LogP contribution in [0.2, 0.25) is 5.02 Å². The molecule has 0 radical (unpaired) electrons. The van der Waals surface area contributed by atoms with Crippen LogP contribution in [-0.4, -0.2) is 21.1 Å². The van der Waals surface area contributed by atoms with Crippen molar-refractivity contribution in [3.63, 3.8) is 0 Å². The van der Waals surface area contributed by atoms with Gasteiger partial charge >= 0.3 is 0 Å². The molecule has 0 unspecified atom stereocenters. The minimum absolute atomic E-state index is 0.430. The second-order valence-corrected chi connectivity index (χ2v) is 5.60. The summed E-state index contributed by atoms with van der Waals surface area (Å²) in [7, 11) is 0. The van der Waals surface area contributed by atoms with Gasteiger partial charge in [-0.25, -0.2) is 5.10 Å². The van der Waals surface area contributed by atoms with Crippen LogP contribution in [0.3, 0.4) is 0 Å². The molecule has 0 aliphatic rings. The van der Waals surface area contributed by atoms with Gasteiger partial charge in [0, 0.05) is 10.6 Å². The molecule has 3 rings (SSSR count). The first kappa shape index (κ1) is 14.7. The molecule has 0 spiro atoms. The minimum atomic E-state index is 0.430. The van der Waals surface area contributed by atoms with E-state index in [0.717, 1.165) is 16.7 Å². The van der Waals surface area contributed by atoms with Crippen molar-refractivity contribution in [2.24, 2.45) is 5.10 Å². The minimum Gasteiger partial charge on any atom is -0.250 e. The van der Waals surface area contributed by atoms with Gasteiger partial charge in [-0.2, -0.15) is 14.9 Å². The highest BCUT2D eigenvalue weighted by Gasteiger charge is 2.08. The Kier molecular flexibility index (Phi) is 4.18. The molecule has 0 saturated carbocycles. The molecule has 0 bridgehead atoms. The molecule has 0 fully saturated rings. The van der Waals surface area contributed by atoms with Gasteiger partial charge in [0.2, 0.25) is 4.77 Å². The first-order valence-electron chi connectivity index (χ1n) is 6.68. The molecule has 1 heterocycles. The zero-order valence-corrected chi connectivity index (χ0v) is 13.4. The lowest BCUT2D eigenvalue weighted by atomic mass is 10.1. The van der Waals surface area contributed by atoms with E-state index in [2.05, 4.69) is 15.3 Å². The number of hydrogen-bond acceptors (Lipinski definition) is 3. The van der Waals surface area contributed by atoms with Crippen LogP contribution >= 0.6 is 23.8 Å². The van der Waals surface area contributed by atoms with Gasteiger partial charge in [0.25, 0.3) is 0 Å². The molecule has 110 valence electrons. The fraction of sp³-hybridized carbons (Fsp3) is 0.0625. The maximum Gasteiger partial charge on any atom is 0.216 e. The average molecular weight is 329 g/mol. The van der Waals surface area contributed by atoms with Crippen molar-refractivity contribution in [2.45, 2.75) is 6.92 Å². The SMILES string of the molecule is Cc1ccccc1/C=N\n1c(-c2cccc(Cl)c2)n[nH]c1=S. The van der Waals surface area contributed by atoms with Gasteiger partial charge in [-0.15, -0.1) is 0 Å². The van der Waals surface area contributed by atoms with Crippen LogP contribution in [0.25, 0.3) is 11.4 Å². The summed E-state index contributed by atoms with van der Waals surface area (Å²) in [4.78, 5) is 0. The van der Waals surface area contributed by atoms with Crippen molar-refractivity contribution in [1.29, 1.82) is 0 Å². The van der Waals surface area contributed by atoms with Crippen molar-refractivity contribution in [3.8, 4) is 11.4 Å². The van der Waals surface area contributed by atoms with Crippen LogP contribution in [0.5, 0.6) is 0 Å². The summed E-state index contributed by atoms with van der Waals surface area (Å²) in [5.74, 6) is 0.623. The highest BCUT2D eigenvalue weighted by molar-refractivity contribution is 7.71. The Labute approximate surface area is 138 Å². The Morgan fingerprint density at radius 1 is 1.23 bits per heavy atom. The van der Waals surface area contributed by atoms with Crippen LogP contribution in [0.4, 0.5) is 0 Å². The average Bonchev–Trinajstić information content (AvgIpc) is 2.87. The van der Waals surface area contributed by atoms with E-state index in [-0.39, 0.29) is 0 Å². The summed E-state index contributed by atoms with van der Waals surface area (Å²) in [5, 5.41) is 12.1. The van der Waals surface area contributed by atoms with Crippen LogP contribution in [-0.2, 0) is 0 Å². The third kappa shape index (κ3) is 3.00. The quantitative estimate of drug-likeness (QED) is 0.570. The van der Waals surface area contributed by atoms with E-state index in [4.69, 9.17) is 23.8 Å². The van der Waals surface area contributed by atoms with E-state index in [9.17, 15) is 0 Å². The standard InChI is InChI=1S/C16H13ClN4S/c1-11-5-2-3-6-13(11)10-18-21-15(19-20-16(21)22)12-7-4-8-14(17)9-12/h2-10H,1H3,(H,20,22)/b18-10-. The first-order chi connectivity index (χ1) is 10.6. The van der Waals surface area contributed by atoms with Gasteiger partial charge in [-0.1, -0.05) is 48.0 Å². The molecule has 0 aliphatic carbocycles. The second-order valence-electron chi connectivity index (χ2n) is 4.78. The van der Waals surface area contributed by atoms with E-state index in [1.165, 1.54) is 0 Å². The Balaban J connectivity index is 2.04. The molecule has 22 heavy (non-hydrogen) atoms. The van der Waals surface area contributed by atoms with Crippen molar-refractivity contribution in [1.82, 2.24) is 14.9 Å². The highest BCUT2D eigenvalue weighted by atomic mass is 35.5. The zero-order chi connectivity index (χ0) is 15.5. The molecule has 0 amide bonds. The van der Waals surface area contributed by atoms with E-state index in [1.54, 1.807) is 10.9 Å². The number of rotatable bonds is 3. The number of benzene rings is 2. The second kappa shape index (κ2) is 6.25. The Hall–Kier alpha value is -2.24. The van der Waals surface area contributed by atoms with E-state index in [1.807, 2.05) is 55.5 Å². The molecule has 4 nitrogen and oxygen atoms in total. The summed E-state index contributed by atoms with van der Waals surface area (Å²) < 4.78 is 2.02. The molecular weight excluding hydrogens is 316 g/mol. The van der Waals surface area contributed by atoms with Crippen LogP contribution < -0.4 is 0 Å². The van der Waals surface area contributed by atoms with Crippen LogP contribution in [0.1, 0.15) is 11.1 Å². The number of nitrogens with one attached hydrogen (secondary N) is 1. The van der Waals surface area contributed by atoms with E-state index in [0.29, 0.717) is 15.6 Å². The van der Waals surface area contributed by atoms with E-state index < -0.39 is 0 Å².